The van der Waals surface area contributed by atoms with Gasteiger partial charge in [-0.2, -0.15) is 0 Å². The number of pyridine rings is 1. The second-order valence-electron chi connectivity index (χ2n) is 8.96. The number of aromatic nitrogens is 2. The third-order valence-electron chi connectivity index (χ3n) is 5.84. The van der Waals surface area contributed by atoms with E-state index in [2.05, 4.69) is 25.9 Å². The van der Waals surface area contributed by atoms with Crippen molar-refractivity contribution in [1.82, 2.24) is 20.6 Å². The highest BCUT2D eigenvalue weighted by molar-refractivity contribution is 6.35. The molecule has 0 aliphatic heterocycles. The van der Waals surface area contributed by atoms with Crippen molar-refractivity contribution in [2.45, 2.75) is 19.0 Å². The van der Waals surface area contributed by atoms with Gasteiger partial charge in [-0.3, -0.25) is 15.1 Å². The van der Waals surface area contributed by atoms with Gasteiger partial charge < -0.3 is 39.1 Å². The molecule has 0 aliphatic rings. The second kappa shape index (κ2) is 18.8. The van der Waals surface area contributed by atoms with Gasteiger partial charge >= 0.3 is 12.1 Å². The fraction of sp³-hybridized carbons (Fsp3) is 0.393. The molecule has 2 heterocycles. The summed E-state index contributed by atoms with van der Waals surface area (Å²) < 4.78 is 26.4. The van der Waals surface area contributed by atoms with Crippen LogP contribution in [0, 0.1) is 0 Å². The van der Waals surface area contributed by atoms with Crippen LogP contribution in [0.5, 0.6) is 0 Å². The van der Waals surface area contributed by atoms with E-state index in [1.807, 2.05) is 0 Å². The number of nitrogens with zero attached hydrogens (tertiary/aromatic N) is 2. The van der Waals surface area contributed by atoms with E-state index >= 15 is 0 Å². The summed E-state index contributed by atoms with van der Waals surface area (Å²) in [5, 5.41) is 18.5. The first kappa shape index (κ1) is 34.7. The van der Waals surface area contributed by atoms with E-state index in [1.54, 1.807) is 25.3 Å². The zero-order chi connectivity index (χ0) is 31.7. The van der Waals surface area contributed by atoms with E-state index in [1.165, 1.54) is 18.5 Å². The molecule has 3 aromatic rings. The summed E-state index contributed by atoms with van der Waals surface area (Å²) >= 11 is 12.3. The lowest BCUT2D eigenvalue weighted by Gasteiger charge is -2.18. The van der Waals surface area contributed by atoms with Gasteiger partial charge in [0.2, 0.25) is 11.8 Å². The Hall–Kier alpha value is -3.79. The van der Waals surface area contributed by atoms with Gasteiger partial charge in [-0.15, -0.1) is 0 Å². The number of anilines is 1. The first-order valence-electron chi connectivity index (χ1n) is 13.4. The van der Waals surface area contributed by atoms with Crippen LogP contribution in [-0.4, -0.2) is 92.4 Å². The number of carboxylic acids is 1. The number of alkyl carbamates (subject to hydrolysis) is 1. The van der Waals surface area contributed by atoms with E-state index in [0.29, 0.717) is 47.8 Å². The van der Waals surface area contributed by atoms with Crippen LogP contribution in [0.2, 0.25) is 10.0 Å². The fourth-order valence-electron chi connectivity index (χ4n) is 3.66. The molecule has 2 amide bonds. The SMILES string of the molecule is COCCOCCOCCOC(=O)NCCC(NCc1ncc(-c2cc(Cl)ccc2Cl)o1)C(=O)Nc1ccncc1C(=O)O. The second-order valence-corrected chi connectivity index (χ2v) is 9.80. The molecular weight excluding hydrogens is 621 g/mol. The molecule has 0 radical (unpaired) electrons. The van der Waals surface area contributed by atoms with Crippen molar-refractivity contribution in [2.24, 2.45) is 0 Å². The number of carboxylic acid groups (broad SMARTS) is 1. The molecule has 16 heteroatoms. The van der Waals surface area contributed by atoms with E-state index in [4.69, 9.17) is 46.6 Å². The number of oxazole rings is 1. The van der Waals surface area contributed by atoms with Crippen LogP contribution in [0.15, 0.2) is 47.3 Å². The zero-order valence-electron chi connectivity index (χ0n) is 23.8. The Morgan fingerprint density at radius 3 is 2.52 bits per heavy atom. The lowest BCUT2D eigenvalue weighted by atomic mass is 10.1. The smallest absolute Gasteiger partial charge is 0.407 e. The summed E-state index contributed by atoms with van der Waals surface area (Å²) in [6.07, 6.45) is 3.38. The molecular formula is C28H33Cl2N5O9. The van der Waals surface area contributed by atoms with Gasteiger partial charge in [-0.1, -0.05) is 23.2 Å². The fourth-order valence-corrected chi connectivity index (χ4v) is 4.04. The number of methoxy groups -OCH3 is 1. The molecule has 14 nitrogen and oxygen atoms in total. The van der Waals surface area contributed by atoms with Crippen LogP contribution in [-0.2, 0) is 30.3 Å². The number of carbonyl (C=O) groups excluding carboxylic acids is 2. The molecule has 2 aromatic heterocycles. The zero-order valence-corrected chi connectivity index (χ0v) is 25.4. The van der Waals surface area contributed by atoms with Gasteiger partial charge in [0.25, 0.3) is 0 Å². The normalized spacial score (nSPS) is 11.6. The average molecular weight is 655 g/mol. The number of nitrogens with one attached hydrogen (secondary N) is 3. The van der Waals surface area contributed by atoms with Crippen molar-refractivity contribution in [3.8, 4) is 11.3 Å². The molecule has 4 N–H and O–H groups in total. The van der Waals surface area contributed by atoms with Crippen molar-refractivity contribution >= 4 is 46.9 Å². The van der Waals surface area contributed by atoms with Crippen LogP contribution in [0.1, 0.15) is 22.7 Å². The molecule has 0 spiro atoms. The first-order valence-corrected chi connectivity index (χ1v) is 14.2. The van der Waals surface area contributed by atoms with E-state index in [0.717, 1.165) is 6.20 Å². The number of rotatable bonds is 19. The Balaban J connectivity index is 1.54. The third kappa shape index (κ3) is 11.7. The minimum atomic E-state index is -1.25. The number of benzene rings is 1. The van der Waals surface area contributed by atoms with E-state index in [-0.39, 0.29) is 49.9 Å². The third-order valence-corrected chi connectivity index (χ3v) is 6.40. The van der Waals surface area contributed by atoms with Crippen LogP contribution >= 0.6 is 23.2 Å². The Bertz CT molecular complexity index is 1370. The molecule has 44 heavy (non-hydrogen) atoms. The molecule has 1 unspecified atom stereocenters. The van der Waals surface area contributed by atoms with Crippen LogP contribution in [0.3, 0.4) is 0 Å². The highest BCUT2D eigenvalue weighted by Crippen LogP contribution is 2.31. The maximum atomic E-state index is 13.2. The molecule has 0 saturated carbocycles. The maximum absolute atomic E-state index is 13.2. The summed E-state index contributed by atoms with van der Waals surface area (Å²) in [4.78, 5) is 44.9. The van der Waals surface area contributed by atoms with Crippen molar-refractivity contribution in [1.29, 1.82) is 0 Å². The predicted octanol–water partition coefficient (Wildman–Crippen LogP) is 3.63. The highest BCUT2D eigenvalue weighted by atomic mass is 35.5. The number of aromatic carboxylic acids is 1. The number of hydrogen-bond donors (Lipinski definition) is 4. The van der Waals surface area contributed by atoms with Gasteiger partial charge in [0.15, 0.2) is 5.76 Å². The van der Waals surface area contributed by atoms with Crippen molar-refractivity contribution in [3.05, 3.63) is 64.4 Å². The molecule has 0 saturated heterocycles. The van der Waals surface area contributed by atoms with Crippen LogP contribution in [0.25, 0.3) is 11.3 Å². The van der Waals surface area contributed by atoms with Gasteiger partial charge in [-0.05, 0) is 30.7 Å². The van der Waals surface area contributed by atoms with Crippen LogP contribution in [0.4, 0.5) is 10.5 Å². The topological polar surface area (TPSA) is 183 Å². The summed E-state index contributed by atoms with van der Waals surface area (Å²) in [6.45, 7) is 1.98. The van der Waals surface area contributed by atoms with Gasteiger partial charge in [-0.25, -0.2) is 14.6 Å². The number of ether oxygens (including phenoxy) is 4. The minimum Gasteiger partial charge on any atom is -0.478 e. The minimum absolute atomic E-state index is 0.0230. The number of amides is 2. The molecule has 0 fully saturated rings. The number of hydrogen-bond acceptors (Lipinski definition) is 11. The summed E-state index contributed by atoms with van der Waals surface area (Å²) in [5.74, 6) is -1.18. The molecule has 0 bridgehead atoms. The molecule has 3 rings (SSSR count). The number of halogens is 2. The molecule has 0 aliphatic carbocycles. The monoisotopic (exact) mass is 653 g/mol. The number of carbonyl (C=O) groups is 3. The predicted molar refractivity (Wildman–Crippen MR) is 160 cm³/mol. The average Bonchev–Trinajstić information content (AvgIpc) is 3.48. The quantitative estimate of drug-likeness (QED) is 0.138. The molecule has 238 valence electrons. The van der Waals surface area contributed by atoms with Crippen molar-refractivity contribution in [3.63, 3.8) is 0 Å². The van der Waals surface area contributed by atoms with E-state index in [9.17, 15) is 19.5 Å². The Morgan fingerprint density at radius 1 is 1.02 bits per heavy atom. The molecule has 1 atom stereocenters. The Labute approximate surface area is 263 Å². The summed E-state index contributed by atoms with van der Waals surface area (Å²) in [6, 6.07) is 5.39. The largest absolute Gasteiger partial charge is 0.478 e. The highest BCUT2D eigenvalue weighted by Gasteiger charge is 2.22. The Kier molecular flexibility index (Phi) is 14.8. The Morgan fingerprint density at radius 2 is 1.77 bits per heavy atom. The summed E-state index contributed by atoms with van der Waals surface area (Å²) in [5.41, 5.74) is 0.435. The lowest BCUT2D eigenvalue weighted by molar-refractivity contribution is -0.118. The summed E-state index contributed by atoms with van der Waals surface area (Å²) in [7, 11) is 1.58. The van der Waals surface area contributed by atoms with Crippen LogP contribution < -0.4 is 16.0 Å². The van der Waals surface area contributed by atoms with Gasteiger partial charge in [0.1, 0.15) is 12.2 Å². The standard InChI is InChI=1S/C28H33Cl2N5O9/c1-40-8-9-41-10-11-42-12-13-43-28(39)32-7-5-23(26(36)35-22-4-6-31-15-20(22)27(37)38)33-17-25-34-16-24(44-25)19-14-18(29)2-3-21(19)30/h2-4,6,14-16,23,33H,5,7-13,17H2,1H3,(H,32,39)(H,37,38)(H,31,35,36). The van der Waals surface area contributed by atoms with Crippen molar-refractivity contribution < 1.29 is 42.9 Å². The van der Waals surface area contributed by atoms with Gasteiger partial charge in [0.05, 0.1) is 62.5 Å². The van der Waals surface area contributed by atoms with Crippen molar-refractivity contribution in [2.75, 3.05) is 58.6 Å². The molecule has 1 aromatic carbocycles. The van der Waals surface area contributed by atoms with Gasteiger partial charge in [0, 0.05) is 36.6 Å². The maximum Gasteiger partial charge on any atom is 0.407 e. The first-order chi connectivity index (χ1) is 21.3. The van der Waals surface area contributed by atoms with E-state index < -0.39 is 24.0 Å². The lowest BCUT2D eigenvalue weighted by Crippen LogP contribution is -2.43.